The van der Waals surface area contributed by atoms with Crippen molar-refractivity contribution in [2.45, 2.75) is 137 Å². The van der Waals surface area contributed by atoms with Crippen molar-refractivity contribution in [3.63, 3.8) is 0 Å². The Kier molecular flexibility index (Phi) is 14.7. The van der Waals surface area contributed by atoms with Crippen LogP contribution in [0.4, 0.5) is 0 Å². The molecule has 0 saturated heterocycles. The van der Waals surface area contributed by atoms with Crippen molar-refractivity contribution in [1.82, 2.24) is 4.57 Å². The summed E-state index contributed by atoms with van der Waals surface area (Å²) in [7, 11) is 0. The first-order valence-corrected chi connectivity index (χ1v) is 11.9. The van der Waals surface area contributed by atoms with Gasteiger partial charge >= 0.3 is 0 Å². The fourth-order valence-electron chi connectivity index (χ4n) is 3.93. The molecule has 2 nitrogen and oxygen atoms in total. The van der Waals surface area contributed by atoms with Crippen molar-refractivity contribution in [2.24, 2.45) is 0 Å². The number of aryl methyl sites for hydroxylation is 2. The van der Waals surface area contributed by atoms with Crippen molar-refractivity contribution in [3.05, 3.63) is 18.2 Å². The molecule has 1 aromatic rings. The number of aromatic nitrogens is 2. The van der Waals surface area contributed by atoms with Crippen LogP contribution in [0.5, 0.6) is 0 Å². The highest BCUT2D eigenvalue weighted by atomic mass is 15.1. The van der Waals surface area contributed by atoms with Crippen LogP contribution in [0.25, 0.3) is 0 Å². The highest BCUT2D eigenvalue weighted by Gasteiger charge is 2.15. The minimum atomic E-state index is 1.11. The SMILES string of the molecule is CCCCCCCCCC[n+]1ccn(CC)c1CCCCCCCCC. The number of unbranched alkanes of at least 4 members (excludes halogenated alkanes) is 13. The van der Waals surface area contributed by atoms with Crippen LogP contribution in [-0.4, -0.2) is 4.57 Å². The van der Waals surface area contributed by atoms with Gasteiger partial charge in [0.2, 0.25) is 0 Å². The molecule has 0 radical (unpaired) electrons. The lowest BCUT2D eigenvalue weighted by Gasteiger charge is -2.05. The van der Waals surface area contributed by atoms with E-state index in [-0.39, 0.29) is 0 Å². The monoisotopic (exact) mass is 363 g/mol. The summed E-state index contributed by atoms with van der Waals surface area (Å²) in [5.41, 5.74) is 0. The molecule has 1 heterocycles. The van der Waals surface area contributed by atoms with Crippen molar-refractivity contribution >= 4 is 0 Å². The Morgan fingerprint density at radius 2 is 1.15 bits per heavy atom. The van der Waals surface area contributed by atoms with Crippen molar-refractivity contribution in [2.75, 3.05) is 0 Å². The molecular formula is C24H47N2+. The van der Waals surface area contributed by atoms with Crippen LogP contribution in [0.15, 0.2) is 12.4 Å². The first kappa shape index (κ1) is 23.2. The zero-order valence-electron chi connectivity index (χ0n) is 18.3. The Morgan fingerprint density at radius 1 is 0.654 bits per heavy atom. The summed E-state index contributed by atoms with van der Waals surface area (Å²) in [6.45, 7) is 9.19. The molecule has 2 heteroatoms. The average molecular weight is 364 g/mol. The highest BCUT2D eigenvalue weighted by Crippen LogP contribution is 2.11. The summed E-state index contributed by atoms with van der Waals surface area (Å²) in [6.07, 6.45) is 26.9. The van der Waals surface area contributed by atoms with E-state index in [1.807, 2.05) is 0 Å². The molecule has 0 saturated carbocycles. The van der Waals surface area contributed by atoms with E-state index in [0.29, 0.717) is 0 Å². The van der Waals surface area contributed by atoms with E-state index >= 15 is 0 Å². The lowest BCUT2D eigenvalue weighted by molar-refractivity contribution is -0.704. The molecule has 0 aliphatic rings. The van der Waals surface area contributed by atoms with E-state index in [1.165, 1.54) is 109 Å². The normalized spacial score (nSPS) is 11.3. The zero-order valence-corrected chi connectivity index (χ0v) is 18.3. The first-order chi connectivity index (χ1) is 12.8. The average Bonchev–Trinajstić information content (AvgIpc) is 3.05. The van der Waals surface area contributed by atoms with Crippen molar-refractivity contribution in [1.29, 1.82) is 0 Å². The largest absolute Gasteiger partial charge is 0.256 e. The van der Waals surface area contributed by atoms with Crippen molar-refractivity contribution in [3.8, 4) is 0 Å². The molecule has 0 fully saturated rings. The maximum Gasteiger partial charge on any atom is 0.256 e. The Morgan fingerprint density at radius 3 is 1.69 bits per heavy atom. The molecule has 0 unspecified atom stereocenters. The molecular weight excluding hydrogens is 316 g/mol. The van der Waals surface area contributed by atoms with Gasteiger partial charge in [-0.05, 0) is 26.2 Å². The zero-order chi connectivity index (χ0) is 18.9. The molecule has 0 aliphatic carbocycles. The standard InChI is InChI=1S/C24H47N2/c1-4-7-9-11-13-15-17-19-21-26-23-22-25(6-3)24(26)20-18-16-14-12-10-8-5-2/h22-23H,4-21H2,1-3H3/q+1. The van der Waals surface area contributed by atoms with Crippen LogP contribution in [0.3, 0.4) is 0 Å². The maximum absolute atomic E-state index is 2.54. The topological polar surface area (TPSA) is 8.81 Å². The van der Waals surface area contributed by atoms with Crippen LogP contribution in [-0.2, 0) is 19.5 Å². The summed E-state index contributed by atoms with van der Waals surface area (Å²) in [4.78, 5) is 0. The van der Waals surface area contributed by atoms with E-state index < -0.39 is 0 Å². The third-order valence-corrected chi connectivity index (χ3v) is 5.69. The van der Waals surface area contributed by atoms with Crippen molar-refractivity contribution < 1.29 is 4.57 Å². The smallest absolute Gasteiger partial charge is 0.235 e. The Labute approximate surface area is 164 Å². The van der Waals surface area contributed by atoms with Gasteiger partial charge in [-0.25, -0.2) is 9.13 Å². The van der Waals surface area contributed by atoms with Crippen LogP contribution in [0.2, 0.25) is 0 Å². The molecule has 0 bridgehead atoms. The molecule has 0 N–H and O–H groups in total. The quantitative estimate of drug-likeness (QED) is 0.192. The molecule has 26 heavy (non-hydrogen) atoms. The van der Waals surface area contributed by atoms with Gasteiger partial charge in [0.05, 0.1) is 13.1 Å². The van der Waals surface area contributed by atoms with E-state index in [4.69, 9.17) is 0 Å². The number of rotatable bonds is 18. The molecule has 152 valence electrons. The van der Waals surface area contributed by atoms with Gasteiger partial charge in [0.1, 0.15) is 12.4 Å². The van der Waals surface area contributed by atoms with Crippen LogP contribution >= 0.6 is 0 Å². The van der Waals surface area contributed by atoms with Gasteiger partial charge in [0.15, 0.2) is 0 Å². The number of imidazole rings is 1. The summed E-state index contributed by atoms with van der Waals surface area (Å²) >= 11 is 0. The van der Waals surface area contributed by atoms with Crippen LogP contribution in [0.1, 0.15) is 123 Å². The third-order valence-electron chi connectivity index (χ3n) is 5.69. The number of hydrogen-bond acceptors (Lipinski definition) is 0. The maximum atomic E-state index is 2.54. The minimum Gasteiger partial charge on any atom is -0.235 e. The minimum absolute atomic E-state index is 1.11. The molecule has 0 atom stereocenters. The fraction of sp³-hybridized carbons (Fsp3) is 0.875. The van der Waals surface area contributed by atoms with Gasteiger partial charge in [-0.1, -0.05) is 90.9 Å². The first-order valence-electron chi connectivity index (χ1n) is 11.9. The summed E-state index contributed by atoms with van der Waals surface area (Å²) in [6, 6.07) is 0. The summed E-state index contributed by atoms with van der Waals surface area (Å²) in [5, 5.41) is 0. The van der Waals surface area contributed by atoms with Crippen LogP contribution < -0.4 is 4.57 Å². The molecule has 1 aromatic heterocycles. The van der Waals surface area contributed by atoms with Gasteiger partial charge in [-0.3, -0.25) is 0 Å². The van der Waals surface area contributed by atoms with Gasteiger partial charge in [0.25, 0.3) is 5.82 Å². The second-order valence-corrected chi connectivity index (χ2v) is 8.04. The highest BCUT2D eigenvalue weighted by molar-refractivity contribution is 4.83. The predicted octanol–water partition coefficient (Wildman–Crippen LogP) is 7.23. The van der Waals surface area contributed by atoms with Crippen LogP contribution in [0, 0.1) is 0 Å². The van der Waals surface area contributed by atoms with Gasteiger partial charge in [-0.15, -0.1) is 0 Å². The van der Waals surface area contributed by atoms with E-state index in [0.717, 1.165) is 6.54 Å². The molecule has 0 spiro atoms. The van der Waals surface area contributed by atoms with E-state index in [2.05, 4.69) is 42.3 Å². The lowest BCUT2D eigenvalue weighted by Crippen LogP contribution is -2.37. The van der Waals surface area contributed by atoms with Gasteiger partial charge < -0.3 is 0 Å². The van der Waals surface area contributed by atoms with E-state index in [9.17, 15) is 0 Å². The lowest BCUT2D eigenvalue weighted by atomic mass is 10.1. The molecule has 0 amide bonds. The Balaban J connectivity index is 2.21. The summed E-state index contributed by atoms with van der Waals surface area (Å²) in [5.74, 6) is 1.56. The Bertz CT molecular complexity index is 422. The third kappa shape index (κ3) is 10.4. The molecule has 0 aromatic carbocycles. The van der Waals surface area contributed by atoms with Gasteiger partial charge in [0, 0.05) is 6.42 Å². The molecule has 0 aliphatic heterocycles. The Hall–Kier alpha value is -0.790. The van der Waals surface area contributed by atoms with Gasteiger partial charge in [-0.2, -0.15) is 0 Å². The molecule has 1 rings (SSSR count). The summed E-state index contributed by atoms with van der Waals surface area (Å²) < 4.78 is 5.00. The number of hydrogen-bond donors (Lipinski definition) is 0. The second-order valence-electron chi connectivity index (χ2n) is 8.04. The van der Waals surface area contributed by atoms with E-state index in [1.54, 1.807) is 5.82 Å². The fourth-order valence-corrected chi connectivity index (χ4v) is 3.93. The number of nitrogens with zero attached hydrogens (tertiary/aromatic N) is 2. The predicted molar refractivity (Wildman–Crippen MR) is 115 cm³/mol. The second kappa shape index (κ2) is 16.4.